The molecular weight excluding hydrogens is 520 g/mol. The largest absolute Gasteiger partial charge is 0.448 e. The quantitative estimate of drug-likeness (QED) is 0.306. The molecule has 0 saturated heterocycles. The van der Waals surface area contributed by atoms with Crippen molar-refractivity contribution in [3.8, 4) is 16.8 Å². The molecule has 1 amide bonds. The van der Waals surface area contributed by atoms with Gasteiger partial charge in [-0.15, -0.1) is 0 Å². The Morgan fingerprint density at radius 1 is 0.923 bits per heavy atom. The Morgan fingerprint density at radius 2 is 1.56 bits per heavy atom. The normalized spacial score (nSPS) is 11.8. The minimum Gasteiger partial charge on any atom is -0.448 e. The second kappa shape index (κ2) is 10.5. The number of aromatic nitrogens is 3. The van der Waals surface area contributed by atoms with E-state index in [0.29, 0.717) is 32.6 Å². The molecule has 0 aliphatic heterocycles. The average molecular weight is 543 g/mol. The number of amides is 1. The van der Waals surface area contributed by atoms with Crippen molar-refractivity contribution in [1.82, 2.24) is 14.3 Å². The highest BCUT2D eigenvalue weighted by atomic mass is 35.5. The molecule has 9 nitrogen and oxygen atoms in total. The van der Waals surface area contributed by atoms with E-state index >= 15 is 0 Å². The van der Waals surface area contributed by atoms with Crippen LogP contribution in [-0.2, 0) is 16.6 Å². The molecule has 2 heterocycles. The minimum atomic E-state index is -1.25. The van der Waals surface area contributed by atoms with E-state index in [1.807, 2.05) is 6.07 Å². The summed E-state index contributed by atoms with van der Waals surface area (Å²) < 4.78 is 8.02. The standard InChI is InChI=1S/C29H23ClN4O5/c1-17(27(36)31-23-16-24(35)34(32-23)20-8-4-3-5-9-20)39-29(38)26-25(18-12-14-19(30)15-13-18)21-10-6-7-11-22(21)28(37)33(26)2/h3-17,32H,1-2H3,(H,31,36). The van der Waals surface area contributed by atoms with Gasteiger partial charge in [0.2, 0.25) is 0 Å². The lowest BCUT2D eigenvalue weighted by molar-refractivity contribution is -0.123. The van der Waals surface area contributed by atoms with E-state index in [1.165, 1.54) is 29.3 Å². The molecule has 196 valence electrons. The maximum atomic E-state index is 13.5. The third-order valence-corrected chi connectivity index (χ3v) is 6.53. The Bertz CT molecular complexity index is 1820. The van der Waals surface area contributed by atoms with Crippen LogP contribution in [0.1, 0.15) is 17.4 Å². The number of para-hydroxylation sites is 1. The fourth-order valence-corrected chi connectivity index (χ4v) is 4.47. The van der Waals surface area contributed by atoms with Crippen molar-refractivity contribution in [1.29, 1.82) is 0 Å². The van der Waals surface area contributed by atoms with Gasteiger partial charge in [0.25, 0.3) is 17.0 Å². The summed E-state index contributed by atoms with van der Waals surface area (Å²) in [5, 5.41) is 6.88. The number of rotatable bonds is 6. The number of anilines is 1. The second-order valence-electron chi connectivity index (χ2n) is 8.86. The summed E-state index contributed by atoms with van der Waals surface area (Å²) in [7, 11) is 1.48. The van der Waals surface area contributed by atoms with Crippen LogP contribution < -0.4 is 16.4 Å². The number of benzene rings is 3. The number of aromatic amines is 1. The van der Waals surface area contributed by atoms with E-state index in [-0.39, 0.29) is 22.6 Å². The minimum absolute atomic E-state index is 0.00990. The van der Waals surface area contributed by atoms with Gasteiger partial charge in [-0.3, -0.25) is 19.5 Å². The van der Waals surface area contributed by atoms with E-state index in [1.54, 1.807) is 72.8 Å². The first-order valence-corrected chi connectivity index (χ1v) is 12.4. The second-order valence-corrected chi connectivity index (χ2v) is 9.29. The van der Waals surface area contributed by atoms with Crippen LogP contribution in [0.4, 0.5) is 5.82 Å². The number of carbonyl (C=O) groups is 2. The highest BCUT2D eigenvalue weighted by Crippen LogP contribution is 2.32. The Labute approximate surface area is 227 Å². The van der Waals surface area contributed by atoms with E-state index in [9.17, 15) is 19.2 Å². The summed E-state index contributed by atoms with van der Waals surface area (Å²) in [4.78, 5) is 51.9. The van der Waals surface area contributed by atoms with Crippen molar-refractivity contribution in [2.45, 2.75) is 13.0 Å². The summed E-state index contributed by atoms with van der Waals surface area (Å²) in [5.41, 5.74) is 0.951. The van der Waals surface area contributed by atoms with Crippen LogP contribution >= 0.6 is 11.6 Å². The van der Waals surface area contributed by atoms with Gasteiger partial charge in [0.1, 0.15) is 11.5 Å². The van der Waals surface area contributed by atoms with Gasteiger partial charge >= 0.3 is 5.97 Å². The summed E-state index contributed by atoms with van der Waals surface area (Å²) in [6.07, 6.45) is -1.25. The fourth-order valence-electron chi connectivity index (χ4n) is 4.35. The number of fused-ring (bicyclic) bond motifs is 1. The molecule has 1 unspecified atom stereocenters. The van der Waals surface area contributed by atoms with Crippen molar-refractivity contribution in [2.24, 2.45) is 7.05 Å². The monoisotopic (exact) mass is 542 g/mol. The lowest BCUT2D eigenvalue weighted by Gasteiger charge is -2.19. The van der Waals surface area contributed by atoms with Gasteiger partial charge in [-0.25, -0.2) is 9.48 Å². The zero-order valence-corrected chi connectivity index (χ0v) is 21.7. The third-order valence-electron chi connectivity index (χ3n) is 6.28. The molecule has 0 fully saturated rings. The lowest BCUT2D eigenvalue weighted by Crippen LogP contribution is -2.33. The maximum Gasteiger partial charge on any atom is 0.356 e. The third kappa shape index (κ3) is 4.99. The molecule has 1 atom stereocenters. The average Bonchev–Trinajstić information content (AvgIpc) is 3.31. The Balaban J connectivity index is 1.45. The number of H-pyrrole nitrogens is 1. The highest BCUT2D eigenvalue weighted by molar-refractivity contribution is 6.30. The summed E-state index contributed by atoms with van der Waals surface area (Å²) in [6.45, 7) is 1.40. The molecule has 0 bridgehead atoms. The number of hydrogen-bond acceptors (Lipinski definition) is 5. The molecule has 3 aromatic carbocycles. The number of nitrogens with zero attached hydrogens (tertiary/aromatic N) is 2. The van der Waals surface area contributed by atoms with Gasteiger partial charge in [-0.1, -0.05) is 60.1 Å². The van der Waals surface area contributed by atoms with Gasteiger partial charge in [-0.05, 0) is 48.2 Å². The van der Waals surface area contributed by atoms with Crippen LogP contribution in [0.2, 0.25) is 5.02 Å². The zero-order chi connectivity index (χ0) is 27.7. The molecule has 5 rings (SSSR count). The van der Waals surface area contributed by atoms with E-state index < -0.39 is 18.0 Å². The predicted octanol–water partition coefficient (Wildman–Crippen LogP) is 4.52. The maximum absolute atomic E-state index is 13.5. The van der Waals surface area contributed by atoms with Crippen LogP contribution in [0.15, 0.2) is 94.5 Å². The molecule has 2 aromatic heterocycles. The molecule has 0 aliphatic carbocycles. The van der Waals surface area contributed by atoms with E-state index in [4.69, 9.17) is 16.3 Å². The molecule has 10 heteroatoms. The van der Waals surface area contributed by atoms with Crippen molar-refractivity contribution < 1.29 is 14.3 Å². The molecule has 0 aliphatic rings. The first kappa shape index (κ1) is 25.7. The van der Waals surface area contributed by atoms with Crippen molar-refractivity contribution in [3.63, 3.8) is 0 Å². The number of ether oxygens (including phenoxy) is 1. The van der Waals surface area contributed by atoms with Crippen LogP contribution in [0.3, 0.4) is 0 Å². The zero-order valence-electron chi connectivity index (χ0n) is 21.0. The van der Waals surface area contributed by atoms with Gasteiger partial charge in [-0.2, -0.15) is 0 Å². The van der Waals surface area contributed by atoms with Crippen LogP contribution in [0, 0.1) is 0 Å². The van der Waals surface area contributed by atoms with E-state index in [0.717, 1.165) is 0 Å². The van der Waals surface area contributed by atoms with Crippen molar-refractivity contribution >= 4 is 40.1 Å². The fraction of sp³-hybridized carbons (Fsp3) is 0.103. The molecule has 2 N–H and O–H groups in total. The Morgan fingerprint density at radius 3 is 2.26 bits per heavy atom. The van der Waals surface area contributed by atoms with E-state index in [2.05, 4.69) is 10.4 Å². The molecular formula is C29H23ClN4O5. The van der Waals surface area contributed by atoms with Gasteiger partial charge < -0.3 is 14.6 Å². The number of carbonyl (C=O) groups excluding carboxylic acids is 2. The van der Waals surface area contributed by atoms with Crippen LogP contribution in [0.25, 0.3) is 27.6 Å². The first-order chi connectivity index (χ1) is 18.7. The lowest BCUT2D eigenvalue weighted by atomic mass is 9.96. The number of hydrogen-bond donors (Lipinski definition) is 2. The van der Waals surface area contributed by atoms with Crippen LogP contribution in [0.5, 0.6) is 0 Å². The summed E-state index contributed by atoms with van der Waals surface area (Å²) >= 11 is 6.08. The summed E-state index contributed by atoms with van der Waals surface area (Å²) in [5.74, 6) is -1.39. The van der Waals surface area contributed by atoms with Crippen LogP contribution in [-0.4, -0.2) is 32.3 Å². The Kier molecular flexibility index (Phi) is 6.91. The Hall–Kier alpha value is -4.89. The smallest absolute Gasteiger partial charge is 0.356 e. The number of pyridine rings is 1. The van der Waals surface area contributed by atoms with Crippen molar-refractivity contribution in [3.05, 3.63) is 116 Å². The number of nitrogens with one attached hydrogen (secondary N) is 2. The van der Waals surface area contributed by atoms with Crippen molar-refractivity contribution in [2.75, 3.05) is 5.32 Å². The predicted molar refractivity (Wildman–Crippen MR) is 150 cm³/mol. The molecule has 39 heavy (non-hydrogen) atoms. The number of halogens is 1. The topological polar surface area (TPSA) is 115 Å². The van der Waals surface area contributed by atoms with Gasteiger partial charge in [0.15, 0.2) is 6.10 Å². The number of esters is 1. The SMILES string of the molecule is CC(OC(=O)c1c(-c2ccc(Cl)cc2)c2ccccc2c(=O)n1C)C(=O)Nc1cc(=O)n(-c2ccccc2)[nH]1. The summed E-state index contributed by atoms with van der Waals surface area (Å²) in [6, 6.07) is 23.9. The molecule has 0 spiro atoms. The molecule has 5 aromatic rings. The molecule has 0 saturated carbocycles. The van der Waals surface area contributed by atoms with Gasteiger partial charge in [0.05, 0.1) is 5.69 Å². The molecule has 0 radical (unpaired) electrons. The highest BCUT2D eigenvalue weighted by Gasteiger charge is 2.26. The van der Waals surface area contributed by atoms with Gasteiger partial charge in [0, 0.05) is 29.1 Å². The first-order valence-electron chi connectivity index (χ1n) is 12.0.